The second kappa shape index (κ2) is 5.38. The van der Waals surface area contributed by atoms with Gasteiger partial charge < -0.3 is 10.4 Å². The van der Waals surface area contributed by atoms with Crippen molar-refractivity contribution in [1.29, 1.82) is 0 Å². The summed E-state index contributed by atoms with van der Waals surface area (Å²) in [6, 6.07) is -1.31. The van der Waals surface area contributed by atoms with E-state index in [1.807, 2.05) is 5.32 Å². The van der Waals surface area contributed by atoms with Crippen molar-refractivity contribution in [3.05, 3.63) is 17.5 Å². The number of carbonyl (C=O) groups excluding carboxylic acids is 1. The van der Waals surface area contributed by atoms with Crippen molar-refractivity contribution >= 4 is 11.9 Å². The smallest absolute Gasteiger partial charge is 0.433 e. The summed E-state index contributed by atoms with van der Waals surface area (Å²) >= 11 is 0. The molecule has 1 aromatic heterocycles. The Morgan fingerprint density at radius 2 is 1.86 bits per heavy atom. The number of aliphatic carboxylic acids is 1. The average Bonchev–Trinajstić information content (AvgIpc) is 2.72. The molecular formula is C12H16F3N3O3. The molecule has 1 aromatic rings. The predicted octanol–water partition coefficient (Wildman–Crippen LogP) is 1.86. The van der Waals surface area contributed by atoms with Crippen LogP contribution in [0.3, 0.4) is 0 Å². The van der Waals surface area contributed by atoms with Gasteiger partial charge in [0.1, 0.15) is 6.04 Å². The summed E-state index contributed by atoms with van der Waals surface area (Å²) in [6.45, 7) is 5.69. The number of aromatic nitrogens is 2. The van der Waals surface area contributed by atoms with Crippen LogP contribution >= 0.6 is 0 Å². The lowest BCUT2D eigenvalue weighted by atomic mass is 10.1. The fraction of sp³-hybridized carbons (Fsp3) is 0.583. The maximum absolute atomic E-state index is 13.2. The van der Waals surface area contributed by atoms with Gasteiger partial charge in [0.05, 0.1) is 17.3 Å². The summed E-state index contributed by atoms with van der Waals surface area (Å²) in [5.74, 6) is -2.48. The van der Waals surface area contributed by atoms with E-state index in [2.05, 4.69) is 5.10 Å². The van der Waals surface area contributed by atoms with Crippen molar-refractivity contribution in [3.8, 4) is 0 Å². The minimum Gasteiger partial charge on any atom is -0.480 e. The number of hydrogen-bond acceptors (Lipinski definition) is 3. The largest absolute Gasteiger partial charge is 0.480 e. The van der Waals surface area contributed by atoms with Crippen LogP contribution in [-0.2, 0) is 16.5 Å². The van der Waals surface area contributed by atoms with Crippen molar-refractivity contribution in [2.45, 2.75) is 45.5 Å². The summed E-state index contributed by atoms with van der Waals surface area (Å²) in [4.78, 5) is 22.5. The molecule has 6 nitrogen and oxygen atoms in total. The zero-order chi connectivity index (χ0) is 16.6. The number of alkyl halides is 3. The SMILES string of the molecule is CC(NC(=O)c1cnn(C(C)(C)C)c1C(F)(F)F)C(=O)O. The number of halogens is 3. The number of carboxylic acids is 1. The lowest BCUT2D eigenvalue weighted by molar-refractivity contribution is -0.146. The van der Waals surface area contributed by atoms with Crippen molar-refractivity contribution in [1.82, 2.24) is 15.1 Å². The lowest BCUT2D eigenvalue weighted by Gasteiger charge is -2.24. The van der Waals surface area contributed by atoms with Gasteiger partial charge in [-0.25, -0.2) is 0 Å². The molecule has 1 atom stereocenters. The summed E-state index contributed by atoms with van der Waals surface area (Å²) in [5, 5.41) is 14.3. The normalized spacial score (nSPS) is 13.9. The number of nitrogens with zero attached hydrogens (tertiary/aromatic N) is 2. The fourth-order valence-corrected chi connectivity index (χ4v) is 1.63. The van der Waals surface area contributed by atoms with Crippen LogP contribution in [0, 0.1) is 0 Å². The van der Waals surface area contributed by atoms with Gasteiger partial charge in [-0.1, -0.05) is 0 Å². The molecule has 1 rings (SSSR count). The lowest BCUT2D eigenvalue weighted by Crippen LogP contribution is -2.39. The fourth-order valence-electron chi connectivity index (χ4n) is 1.63. The first-order chi connectivity index (χ1) is 9.35. The van der Waals surface area contributed by atoms with E-state index in [1.165, 1.54) is 20.8 Å². The van der Waals surface area contributed by atoms with Gasteiger partial charge in [0.2, 0.25) is 0 Å². The first-order valence-electron chi connectivity index (χ1n) is 6.05. The van der Waals surface area contributed by atoms with Gasteiger partial charge in [0.25, 0.3) is 5.91 Å². The number of carboxylic acid groups (broad SMARTS) is 1. The molecule has 0 saturated carbocycles. The molecule has 0 aliphatic rings. The third kappa shape index (κ3) is 3.73. The van der Waals surface area contributed by atoms with Gasteiger partial charge in [0.15, 0.2) is 5.69 Å². The second-order valence-corrected chi connectivity index (χ2v) is 5.52. The van der Waals surface area contributed by atoms with E-state index in [0.29, 0.717) is 4.68 Å². The Kier molecular flexibility index (Phi) is 4.35. The van der Waals surface area contributed by atoms with Crippen LogP contribution in [0.5, 0.6) is 0 Å². The number of rotatable bonds is 3. The Bertz CT molecular complexity index is 558. The Balaban J connectivity index is 3.29. The Labute approximate surface area is 118 Å². The van der Waals surface area contributed by atoms with Crippen LogP contribution in [0.25, 0.3) is 0 Å². The number of nitrogens with one attached hydrogen (secondary N) is 1. The maximum Gasteiger partial charge on any atom is 0.433 e. The molecule has 0 aliphatic carbocycles. The quantitative estimate of drug-likeness (QED) is 0.892. The highest BCUT2D eigenvalue weighted by Gasteiger charge is 2.42. The summed E-state index contributed by atoms with van der Waals surface area (Å²) < 4.78 is 40.2. The second-order valence-electron chi connectivity index (χ2n) is 5.52. The van der Waals surface area contributed by atoms with Crippen LogP contribution in [0.4, 0.5) is 13.2 Å². The van der Waals surface area contributed by atoms with Gasteiger partial charge >= 0.3 is 12.1 Å². The molecule has 21 heavy (non-hydrogen) atoms. The van der Waals surface area contributed by atoms with Crippen LogP contribution in [-0.4, -0.2) is 32.8 Å². The van der Waals surface area contributed by atoms with Gasteiger partial charge in [-0.2, -0.15) is 18.3 Å². The topological polar surface area (TPSA) is 84.2 Å². The first-order valence-corrected chi connectivity index (χ1v) is 6.05. The monoisotopic (exact) mass is 307 g/mol. The van der Waals surface area contributed by atoms with E-state index in [4.69, 9.17) is 5.11 Å². The number of carbonyl (C=O) groups is 2. The van der Waals surface area contributed by atoms with Gasteiger partial charge in [0, 0.05) is 0 Å². The van der Waals surface area contributed by atoms with E-state index in [0.717, 1.165) is 13.1 Å². The number of amides is 1. The van der Waals surface area contributed by atoms with E-state index < -0.39 is 40.9 Å². The van der Waals surface area contributed by atoms with Crippen LogP contribution in [0.15, 0.2) is 6.20 Å². The molecule has 0 spiro atoms. The molecule has 2 N–H and O–H groups in total. The molecule has 0 fully saturated rings. The highest BCUT2D eigenvalue weighted by Crippen LogP contribution is 2.34. The minimum atomic E-state index is -4.79. The molecule has 1 heterocycles. The third-order valence-corrected chi connectivity index (χ3v) is 2.64. The van der Waals surface area contributed by atoms with Gasteiger partial charge in [-0.15, -0.1) is 0 Å². The van der Waals surface area contributed by atoms with E-state index in [1.54, 1.807) is 0 Å². The summed E-state index contributed by atoms with van der Waals surface area (Å²) in [5.41, 5.74) is -2.89. The zero-order valence-corrected chi connectivity index (χ0v) is 11.9. The molecule has 0 aromatic carbocycles. The molecule has 1 unspecified atom stereocenters. The van der Waals surface area contributed by atoms with Crippen molar-refractivity contribution in [2.75, 3.05) is 0 Å². The average molecular weight is 307 g/mol. The van der Waals surface area contributed by atoms with Crippen LogP contribution in [0.1, 0.15) is 43.7 Å². The van der Waals surface area contributed by atoms with Crippen molar-refractivity contribution in [3.63, 3.8) is 0 Å². The van der Waals surface area contributed by atoms with E-state index in [9.17, 15) is 22.8 Å². The minimum absolute atomic E-state index is 0.702. The predicted molar refractivity (Wildman–Crippen MR) is 66.8 cm³/mol. The van der Waals surface area contributed by atoms with E-state index >= 15 is 0 Å². The molecule has 0 aliphatic heterocycles. The number of hydrogen-bond donors (Lipinski definition) is 2. The van der Waals surface area contributed by atoms with Gasteiger partial charge in [-0.3, -0.25) is 14.3 Å². The van der Waals surface area contributed by atoms with Crippen molar-refractivity contribution < 1.29 is 27.9 Å². The van der Waals surface area contributed by atoms with Crippen LogP contribution < -0.4 is 5.32 Å². The molecular weight excluding hydrogens is 291 g/mol. The van der Waals surface area contributed by atoms with E-state index in [-0.39, 0.29) is 0 Å². The Morgan fingerprint density at radius 3 is 2.24 bits per heavy atom. The summed E-state index contributed by atoms with van der Waals surface area (Å²) in [6.07, 6.45) is -4.00. The molecule has 1 amide bonds. The first kappa shape index (κ1) is 17.0. The Morgan fingerprint density at radius 1 is 1.33 bits per heavy atom. The zero-order valence-electron chi connectivity index (χ0n) is 11.9. The summed E-state index contributed by atoms with van der Waals surface area (Å²) in [7, 11) is 0. The van der Waals surface area contributed by atoms with Crippen molar-refractivity contribution in [2.24, 2.45) is 0 Å². The molecule has 0 radical (unpaired) electrons. The molecule has 0 bridgehead atoms. The molecule has 118 valence electrons. The standard InChI is InChI=1S/C12H16F3N3O3/c1-6(10(20)21)17-9(19)7-5-16-18(11(2,3)4)8(7)12(13,14)15/h5-6H,1-4H3,(H,17,19)(H,20,21). The molecule has 9 heteroatoms. The van der Waals surface area contributed by atoms with Gasteiger partial charge in [-0.05, 0) is 27.7 Å². The highest BCUT2D eigenvalue weighted by molar-refractivity contribution is 5.97. The maximum atomic E-state index is 13.2. The Hall–Kier alpha value is -2.06. The third-order valence-electron chi connectivity index (χ3n) is 2.64. The molecule has 0 saturated heterocycles. The van der Waals surface area contributed by atoms with Crippen LogP contribution in [0.2, 0.25) is 0 Å². The highest BCUT2D eigenvalue weighted by atomic mass is 19.4.